The molecule has 2 aliphatic rings. The van der Waals surface area contributed by atoms with Gasteiger partial charge in [0.1, 0.15) is 12.2 Å². The molecule has 0 spiro atoms. The predicted molar refractivity (Wildman–Crippen MR) is 115 cm³/mol. The van der Waals surface area contributed by atoms with Gasteiger partial charge >= 0.3 is 11.9 Å². The number of ether oxygens (including phenoxy) is 2. The Morgan fingerprint density at radius 2 is 1.03 bits per heavy atom. The molecule has 0 saturated heterocycles. The van der Waals surface area contributed by atoms with Crippen molar-refractivity contribution in [1.29, 1.82) is 0 Å². The number of aliphatic hydroxyl groups excluding tert-OH is 2. The summed E-state index contributed by atoms with van der Waals surface area (Å²) >= 11 is 0. The molecule has 2 fully saturated rings. The first-order chi connectivity index (χ1) is 14.0. The molecule has 6 atom stereocenters. The van der Waals surface area contributed by atoms with Crippen LogP contribution in [0.5, 0.6) is 0 Å². The summed E-state index contributed by atoms with van der Waals surface area (Å²) in [6, 6.07) is 0. The van der Waals surface area contributed by atoms with Crippen LogP contribution in [-0.2, 0) is 19.1 Å². The van der Waals surface area contributed by atoms with Crippen LogP contribution in [0.4, 0.5) is 0 Å². The lowest BCUT2D eigenvalue weighted by Gasteiger charge is -2.37. The highest BCUT2D eigenvalue weighted by Gasteiger charge is 2.37. The van der Waals surface area contributed by atoms with Crippen molar-refractivity contribution in [2.24, 2.45) is 35.5 Å². The van der Waals surface area contributed by atoms with Crippen molar-refractivity contribution in [3.05, 3.63) is 11.5 Å². The van der Waals surface area contributed by atoms with E-state index in [0.29, 0.717) is 36.5 Å². The molecular weight excluding hydrogens is 384 g/mol. The van der Waals surface area contributed by atoms with Crippen LogP contribution < -0.4 is 0 Å². The van der Waals surface area contributed by atoms with Gasteiger partial charge in [0.15, 0.2) is 0 Å². The van der Waals surface area contributed by atoms with E-state index in [1.165, 1.54) is 0 Å². The van der Waals surface area contributed by atoms with Crippen LogP contribution in [0.2, 0.25) is 0 Å². The Hall–Kier alpha value is -1.72. The minimum absolute atomic E-state index is 0.197. The molecule has 0 aromatic heterocycles. The van der Waals surface area contributed by atoms with Gasteiger partial charge in [0.25, 0.3) is 11.5 Å². The highest BCUT2D eigenvalue weighted by atomic mass is 16.6. The fraction of sp³-hybridized carbons (Fsp3) is 0.833. The Morgan fingerprint density at radius 1 is 0.700 bits per heavy atom. The Labute approximate surface area is 181 Å². The van der Waals surface area contributed by atoms with Crippen molar-refractivity contribution < 1.29 is 29.3 Å². The molecule has 6 heteroatoms. The summed E-state index contributed by atoms with van der Waals surface area (Å²) in [6.45, 7) is 12.6. The van der Waals surface area contributed by atoms with Gasteiger partial charge in [0, 0.05) is 0 Å². The Bertz CT molecular complexity index is 584. The molecule has 0 radical (unpaired) electrons. The highest BCUT2D eigenvalue weighted by molar-refractivity contribution is 5.97. The summed E-state index contributed by atoms with van der Waals surface area (Å²) in [7, 11) is 0. The summed E-state index contributed by atoms with van der Waals surface area (Å²) in [5.41, 5.74) is 0. The van der Waals surface area contributed by atoms with Gasteiger partial charge in [-0.25, -0.2) is 9.59 Å². The number of aliphatic hydroxyl groups is 2. The van der Waals surface area contributed by atoms with E-state index >= 15 is 0 Å². The number of carbonyl (C=O) groups excluding carboxylic acids is 2. The number of hydrogen-bond donors (Lipinski definition) is 2. The Balaban J connectivity index is 2.06. The second-order valence-corrected chi connectivity index (χ2v) is 10.2. The summed E-state index contributed by atoms with van der Waals surface area (Å²) in [4.78, 5) is 24.9. The Morgan fingerprint density at radius 3 is 1.33 bits per heavy atom. The zero-order valence-corrected chi connectivity index (χ0v) is 19.4. The van der Waals surface area contributed by atoms with E-state index in [1.807, 2.05) is 0 Å². The third-order valence-corrected chi connectivity index (χ3v) is 7.05. The lowest BCUT2D eigenvalue weighted by molar-refractivity contribution is -0.159. The number of hydrogen-bond acceptors (Lipinski definition) is 6. The molecular formula is C24H40O6. The summed E-state index contributed by atoms with van der Waals surface area (Å²) in [5, 5.41) is 20.4. The SMILES string of the molecule is CC(C)[C@H]1CC[C@H](C)CC1OC(=O)/C(O)=C(\O)C(=O)O[C@H]1C[C@@H](C)CC[C@@H]1C(C)C. The van der Waals surface area contributed by atoms with Crippen LogP contribution in [0.25, 0.3) is 0 Å². The van der Waals surface area contributed by atoms with Crippen molar-refractivity contribution in [2.45, 2.75) is 92.3 Å². The van der Waals surface area contributed by atoms with Crippen molar-refractivity contribution in [3.63, 3.8) is 0 Å². The third-order valence-electron chi connectivity index (χ3n) is 7.05. The largest absolute Gasteiger partial charge is 0.499 e. The highest BCUT2D eigenvalue weighted by Crippen LogP contribution is 2.37. The van der Waals surface area contributed by atoms with Crippen molar-refractivity contribution in [3.8, 4) is 0 Å². The first-order valence-corrected chi connectivity index (χ1v) is 11.5. The average molecular weight is 425 g/mol. The lowest BCUT2D eigenvalue weighted by Crippen LogP contribution is -2.37. The predicted octanol–water partition coefficient (Wildman–Crippen LogP) is 5.32. The third kappa shape index (κ3) is 6.14. The maximum Gasteiger partial charge on any atom is 0.377 e. The zero-order chi connectivity index (χ0) is 22.6. The smallest absolute Gasteiger partial charge is 0.377 e. The van der Waals surface area contributed by atoms with E-state index in [0.717, 1.165) is 25.7 Å². The van der Waals surface area contributed by atoms with Crippen LogP contribution >= 0.6 is 0 Å². The van der Waals surface area contributed by atoms with Crippen LogP contribution in [0.1, 0.15) is 80.1 Å². The lowest BCUT2D eigenvalue weighted by atomic mass is 9.75. The van der Waals surface area contributed by atoms with Gasteiger partial charge < -0.3 is 19.7 Å². The summed E-state index contributed by atoms with van der Waals surface area (Å²) < 4.78 is 11.0. The van der Waals surface area contributed by atoms with E-state index in [2.05, 4.69) is 41.5 Å². The molecule has 2 saturated carbocycles. The topological polar surface area (TPSA) is 93.1 Å². The van der Waals surface area contributed by atoms with Crippen LogP contribution in [0.3, 0.4) is 0 Å². The van der Waals surface area contributed by atoms with Crippen molar-refractivity contribution in [2.75, 3.05) is 0 Å². The molecule has 2 aliphatic carbocycles. The number of rotatable bonds is 6. The molecule has 30 heavy (non-hydrogen) atoms. The van der Waals surface area contributed by atoms with Gasteiger partial charge in [-0.3, -0.25) is 0 Å². The molecule has 0 amide bonds. The number of esters is 2. The molecule has 0 aliphatic heterocycles. The molecule has 2 N–H and O–H groups in total. The second-order valence-electron chi connectivity index (χ2n) is 10.2. The second kappa shape index (κ2) is 10.5. The van der Waals surface area contributed by atoms with E-state index in [4.69, 9.17) is 9.47 Å². The van der Waals surface area contributed by atoms with Crippen molar-refractivity contribution >= 4 is 11.9 Å². The minimum Gasteiger partial charge on any atom is -0.499 e. The maximum absolute atomic E-state index is 12.5. The molecule has 6 nitrogen and oxygen atoms in total. The fourth-order valence-electron chi connectivity index (χ4n) is 5.08. The standard InChI is InChI=1S/C24H40O6/c1-13(2)17-9-7-15(5)11-19(17)29-23(27)21(25)22(26)24(28)30-20-12-16(6)8-10-18(20)14(3)4/h13-20,25-26H,7-12H2,1-6H3/b22-21+/t15-,16-,17+,18+,19-,20?/m0/s1. The normalized spacial score (nSPS) is 33.2. The van der Waals surface area contributed by atoms with Crippen molar-refractivity contribution in [1.82, 2.24) is 0 Å². The molecule has 0 aromatic carbocycles. The van der Waals surface area contributed by atoms with Gasteiger partial charge in [-0.05, 0) is 61.2 Å². The molecule has 172 valence electrons. The molecule has 2 rings (SSSR count). The van der Waals surface area contributed by atoms with Gasteiger partial charge in [-0.15, -0.1) is 0 Å². The van der Waals surface area contributed by atoms with E-state index < -0.39 is 23.5 Å². The van der Waals surface area contributed by atoms with Gasteiger partial charge in [-0.2, -0.15) is 0 Å². The van der Waals surface area contributed by atoms with Gasteiger partial charge in [-0.1, -0.05) is 54.4 Å². The van der Waals surface area contributed by atoms with Crippen LogP contribution in [0.15, 0.2) is 11.5 Å². The van der Waals surface area contributed by atoms with Crippen LogP contribution in [0, 0.1) is 35.5 Å². The molecule has 1 unspecified atom stereocenters. The number of carbonyl (C=O) groups is 2. The molecule has 0 heterocycles. The zero-order valence-electron chi connectivity index (χ0n) is 19.4. The maximum atomic E-state index is 12.5. The van der Waals surface area contributed by atoms with Gasteiger partial charge in [0.05, 0.1) is 0 Å². The quantitative estimate of drug-likeness (QED) is 0.340. The molecule has 0 bridgehead atoms. The first-order valence-electron chi connectivity index (χ1n) is 11.5. The van der Waals surface area contributed by atoms with E-state index in [9.17, 15) is 19.8 Å². The summed E-state index contributed by atoms with van der Waals surface area (Å²) in [5.74, 6) is -2.35. The molecule has 0 aromatic rings. The van der Waals surface area contributed by atoms with Gasteiger partial charge in [0.2, 0.25) is 0 Å². The van der Waals surface area contributed by atoms with E-state index in [-0.39, 0.29) is 24.0 Å². The van der Waals surface area contributed by atoms with E-state index in [1.54, 1.807) is 0 Å². The summed E-state index contributed by atoms with van der Waals surface area (Å²) in [6.07, 6.45) is 4.80. The monoisotopic (exact) mass is 424 g/mol. The first kappa shape index (κ1) is 24.5. The average Bonchev–Trinajstić information content (AvgIpc) is 2.66. The minimum atomic E-state index is -1.06. The van der Waals surface area contributed by atoms with Crippen LogP contribution in [-0.4, -0.2) is 34.4 Å². The fourth-order valence-corrected chi connectivity index (χ4v) is 5.08. The Kier molecular flexibility index (Phi) is 8.62.